The quantitative estimate of drug-likeness (QED) is 0.215. The molecule has 1 amide bonds. The lowest BCUT2D eigenvalue weighted by Gasteiger charge is -2.23. The summed E-state index contributed by atoms with van der Waals surface area (Å²) >= 11 is -2.45. The molecule has 1 aromatic heterocycles. The highest BCUT2D eigenvalue weighted by molar-refractivity contribution is 7.80. The zero-order valence-electron chi connectivity index (χ0n) is 18.0. The Morgan fingerprint density at radius 2 is 1.79 bits per heavy atom. The summed E-state index contributed by atoms with van der Waals surface area (Å²) in [5, 5.41) is 10.2. The number of hydrogen-bond acceptors (Lipinski definition) is 4. The van der Waals surface area contributed by atoms with E-state index in [0.29, 0.717) is 11.1 Å². The topological polar surface area (TPSA) is 142 Å². The molecule has 9 nitrogen and oxygen atoms in total. The molecule has 5 N–H and O–H groups in total. The number of nitrogen functional groups attached to an aromatic ring is 1. The van der Waals surface area contributed by atoms with Crippen molar-refractivity contribution >= 4 is 23.0 Å². The highest BCUT2D eigenvalue weighted by Gasteiger charge is 2.18. The van der Waals surface area contributed by atoms with Gasteiger partial charge >= 0.3 is 0 Å². The summed E-state index contributed by atoms with van der Waals surface area (Å²) in [5.74, 6) is -0.394. The predicted octanol–water partition coefficient (Wildman–Crippen LogP) is 1.57. The smallest absolute Gasteiger partial charge is 0.277 e. The summed E-state index contributed by atoms with van der Waals surface area (Å²) < 4.78 is 23.9. The Hall–Kier alpha value is -3.76. The van der Waals surface area contributed by atoms with Crippen LogP contribution >= 0.6 is 0 Å². The van der Waals surface area contributed by atoms with Crippen LogP contribution in [-0.4, -0.2) is 25.2 Å². The fraction of sp³-hybridized carbons (Fsp3) is 0.174. The monoisotopic (exact) mass is 467 g/mol. The molecule has 0 fully saturated rings. The molecule has 0 radical (unpaired) electrons. The minimum atomic E-state index is -2.45. The highest BCUT2D eigenvalue weighted by atomic mass is 32.2. The van der Waals surface area contributed by atoms with E-state index in [-0.39, 0.29) is 36.8 Å². The van der Waals surface area contributed by atoms with Gasteiger partial charge in [-0.2, -0.15) is 4.41 Å². The van der Waals surface area contributed by atoms with Crippen LogP contribution in [0.25, 0.3) is 0 Å². The van der Waals surface area contributed by atoms with Crippen LogP contribution in [0.5, 0.6) is 0 Å². The molecule has 2 aromatic carbocycles. The third kappa shape index (κ3) is 6.15. The molecule has 0 saturated heterocycles. The molecule has 0 bridgehead atoms. The van der Waals surface area contributed by atoms with Gasteiger partial charge in [-0.05, 0) is 29.7 Å². The van der Waals surface area contributed by atoms with E-state index in [9.17, 15) is 18.4 Å². The van der Waals surface area contributed by atoms with Crippen LogP contribution < -0.4 is 21.0 Å². The number of amidine groups is 1. The first-order chi connectivity index (χ1) is 15.8. The van der Waals surface area contributed by atoms with Crippen LogP contribution in [0.3, 0.4) is 0 Å². The number of hydrogen-bond donors (Lipinski definition) is 4. The van der Waals surface area contributed by atoms with Gasteiger partial charge < -0.3 is 11.1 Å². The maximum atomic E-state index is 13.1. The van der Waals surface area contributed by atoms with Crippen LogP contribution in [0, 0.1) is 12.3 Å². The number of nitrogens with two attached hydrogens (primary N) is 1. The van der Waals surface area contributed by atoms with E-state index >= 15 is 0 Å². The van der Waals surface area contributed by atoms with Crippen LogP contribution in [0.4, 0.5) is 0 Å². The number of carbonyl (C=O) groups is 1. The maximum Gasteiger partial charge on any atom is 0.277 e. The number of nitrogens with zero attached hydrogens (tertiary/aromatic N) is 2. The van der Waals surface area contributed by atoms with Crippen molar-refractivity contribution in [1.82, 2.24) is 9.99 Å². The molecule has 3 rings (SSSR count). The van der Waals surface area contributed by atoms with Crippen molar-refractivity contribution in [2.24, 2.45) is 5.73 Å². The SMILES string of the molecule is Cc1ccn(N(Cc2ccccc2)S(=O)O)c(=O)c1CC(=O)NCc1ccc(C(=N)N)cc1. The zero-order valence-corrected chi connectivity index (χ0v) is 18.8. The Morgan fingerprint density at radius 1 is 1.12 bits per heavy atom. The molecule has 0 saturated carbocycles. The molecule has 1 heterocycles. The van der Waals surface area contributed by atoms with Crippen molar-refractivity contribution in [2.75, 3.05) is 4.41 Å². The molecule has 0 aliphatic carbocycles. The number of pyridine rings is 1. The Balaban J connectivity index is 1.75. The average Bonchev–Trinajstić information content (AvgIpc) is 2.80. The van der Waals surface area contributed by atoms with Gasteiger partial charge in [0.25, 0.3) is 16.8 Å². The summed E-state index contributed by atoms with van der Waals surface area (Å²) in [6.45, 7) is 2.00. The van der Waals surface area contributed by atoms with E-state index in [1.54, 1.807) is 61.5 Å². The molecule has 0 aliphatic heterocycles. The summed E-state index contributed by atoms with van der Waals surface area (Å²) in [5.41, 5.74) is 7.92. The minimum absolute atomic E-state index is 0.0356. The lowest BCUT2D eigenvalue weighted by atomic mass is 10.1. The van der Waals surface area contributed by atoms with Crippen LogP contribution in [-0.2, 0) is 35.6 Å². The fourth-order valence-electron chi connectivity index (χ4n) is 3.22. The maximum absolute atomic E-state index is 13.1. The van der Waals surface area contributed by atoms with Crippen LogP contribution in [0.1, 0.15) is 27.8 Å². The Morgan fingerprint density at radius 3 is 2.39 bits per heavy atom. The van der Waals surface area contributed by atoms with Crippen molar-refractivity contribution in [3.63, 3.8) is 0 Å². The number of carbonyl (C=O) groups excluding carboxylic acids is 1. The first kappa shape index (κ1) is 23.9. The Bertz CT molecular complexity index is 1230. The van der Waals surface area contributed by atoms with E-state index in [0.717, 1.165) is 20.2 Å². The van der Waals surface area contributed by atoms with Gasteiger partial charge in [0.15, 0.2) is 0 Å². The molecular formula is C23H25N5O4S. The van der Waals surface area contributed by atoms with E-state index in [1.165, 1.54) is 6.20 Å². The van der Waals surface area contributed by atoms with Gasteiger partial charge in [0.2, 0.25) is 5.91 Å². The molecular weight excluding hydrogens is 442 g/mol. The van der Waals surface area contributed by atoms with Gasteiger partial charge in [-0.25, -0.2) is 8.89 Å². The third-order valence-corrected chi connectivity index (χ3v) is 5.75. The number of nitrogens with one attached hydrogen (secondary N) is 2. The fourth-order valence-corrected chi connectivity index (χ4v) is 3.76. The lowest BCUT2D eigenvalue weighted by Crippen LogP contribution is -2.44. The zero-order chi connectivity index (χ0) is 24.0. The number of aryl methyl sites for hydroxylation is 1. The summed E-state index contributed by atoms with van der Waals surface area (Å²) in [4.78, 5) is 25.6. The van der Waals surface area contributed by atoms with Gasteiger partial charge in [0.1, 0.15) is 5.84 Å². The van der Waals surface area contributed by atoms with Crippen LogP contribution in [0.15, 0.2) is 71.7 Å². The molecule has 3 aromatic rings. The predicted molar refractivity (Wildman–Crippen MR) is 128 cm³/mol. The molecule has 1 atom stereocenters. The van der Waals surface area contributed by atoms with E-state index in [1.807, 2.05) is 6.07 Å². The first-order valence-corrected chi connectivity index (χ1v) is 11.2. The number of aromatic nitrogens is 1. The van der Waals surface area contributed by atoms with Gasteiger partial charge in [-0.15, -0.1) is 0 Å². The number of rotatable bonds is 9. The summed E-state index contributed by atoms with van der Waals surface area (Å²) in [6, 6.07) is 17.6. The third-order valence-electron chi connectivity index (χ3n) is 5.08. The molecule has 1 unspecified atom stereocenters. The Kier molecular flexibility index (Phi) is 7.75. The van der Waals surface area contributed by atoms with Crippen molar-refractivity contribution in [2.45, 2.75) is 26.4 Å². The summed E-state index contributed by atoms with van der Waals surface area (Å²) in [7, 11) is 0. The molecule has 172 valence electrons. The largest absolute Gasteiger partial charge is 0.384 e. The highest BCUT2D eigenvalue weighted by Crippen LogP contribution is 2.09. The van der Waals surface area contributed by atoms with Crippen LogP contribution in [0.2, 0.25) is 0 Å². The minimum Gasteiger partial charge on any atom is -0.384 e. The van der Waals surface area contributed by atoms with Crippen molar-refractivity contribution in [3.8, 4) is 0 Å². The number of benzene rings is 2. The molecule has 0 aliphatic rings. The van der Waals surface area contributed by atoms with E-state index < -0.39 is 16.8 Å². The van der Waals surface area contributed by atoms with Gasteiger partial charge in [-0.1, -0.05) is 54.6 Å². The second-order valence-electron chi connectivity index (χ2n) is 7.42. The molecule has 33 heavy (non-hydrogen) atoms. The normalized spacial score (nSPS) is 11.6. The van der Waals surface area contributed by atoms with Gasteiger partial charge in [0, 0.05) is 23.9 Å². The first-order valence-electron chi connectivity index (χ1n) is 10.1. The molecule has 0 spiro atoms. The van der Waals surface area contributed by atoms with Crippen molar-refractivity contribution in [3.05, 3.63) is 105 Å². The van der Waals surface area contributed by atoms with Crippen molar-refractivity contribution < 1.29 is 13.6 Å². The molecule has 10 heteroatoms. The van der Waals surface area contributed by atoms with E-state index in [2.05, 4.69) is 5.32 Å². The van der Waals surface area contributed by atoms with Crippen molar-refractivity contribution in [1.29, 1.82) is 5.41 Å². The lowest BCUT2D eigenvalue weighted by molar-refractivity contribution is -0.120. The average molecular weight is 468 g/mol. The second kappa shape index (κ2) is 10.7. The summed E-state index contributed by atoms with van der Waals surface area (Å²) in [6.07, 6.45) is 1.25. The van der Waals surface area contributed by atoms with E-state index in [4.69, 9.17) is 11.1 Å². The van der Waals surface area contributed by atoms with Gasteiger partial charge in [-0.3, -0.25) is 19.6 Å². The standard InChI is InChI=1S/C23H25N5O4S/c1-16-11-12-27(28(33(31)32)15-18-5-3-2-4-6-18)23(30)20(16)13-21(29)26-14-17-7-9-19(10-8-17)22(24)25/h2-12H,13-15H2,1H3,(H3,24,25)(H,26,29)(H,31,32). The second-order valence-corrected chi connectivity index (χ2v) is 8.30. The Labute approximate surface area is 193 Å². The van der Waals surface area contributed by atoms with Gasteiger partial charge in [0.05, 0.1) is 13.0 Å². The number of amides is 1.